The van der Waals surface area contributed by atoms with Gasteiger partial charge in [-0.2, -0.15) is 0 Å². The van der Waals surface area contributed by atoms with Crippen LogP contribution in [0.1, 0.15) is 32.8 Å². The van der Waals surface area contributed by atoms with Gasteiger partial charge in [-0.1, -0.05) is 43.3 Å². The molecular formula is C18H24N+. The summed E-state index contributed by atoms with van der Waals surface area (Å²) in [7, 11) is 0. The van der Waals surface area contributed by atoms with Gasteiger partial charge in [0.2, 0.25) is 0 Å². The van der Waals surface area contributed by atoms with E-state index in [1.54, 1.807) is 0 Å². The maximum Gasteiger partial charge on any atom is 0.126 e. The molecule has 0 aromatic heterocycles. The van der Waals surface area contributed by atoms with Crippen LogP contribution in [0, 0.1) is 5.41 Å². The molecule has 1 aliphatic rings. The molecule has 0 saturated heterocycles. The van der Waals surface area contributed by atoms with Gasteiger partial charge in [0.1, 0.15) is 5.54 Å². The Hall–Kier alpha value is -1.60. The molecule has 2 atom stereocenters. The quantitative estimate of drug-likeness (QED) is 0.792. The van der Waals surface area contributed by atoms with Crippen LogP contribution in [-0.4, -0.2) is 5.54 Å². The molecule has 2 rings (SSSR count). The molecule has 1 aromatic rings. The summed E-state index contributed by atoms with van der Waals surface area (Å²) in [4.78, 5) is 0. The molecule has 0 radical (unpaired) electrons. The number of quaternary nitrogens is 1. The smallest absolute Gasteiger partial charge is 0.126 e. The molecule has 1 aromatic carbocycles. The standard InChI is InChI=1S/C18H23N/c1-5-17(3,6-2)18(4)14-16(12-13-19-18)15-10-8-7-9-11-15/h5,7-14,19H,1,6H2,2-4H3/p+1. The average Bonchev–Trinajstić information content (AvgIpc) is 2.47. The van der Waals surface area contributed by atoms with Crippen molar-refractivity contribution in [1.82, 2.24) is 0 Å². The second-order valence-corrected chi connectivity index (χ2v) is 5.75. The van der Waals surface area contributed by atoms with Crippen LogP contribution in [0.5, 0.6) is 0 Å². The van der Waals surface area contributed by atoms with Gasteiger partial charge in [-0.3, -0.25) is 0 Å². The lowest BCUT2D eigenvalue weighted by molar-refractivity contribution is -0.667. The molecule has 100 valence electrons. The topological polar surface area (TPSA) is 16.6 Å². The minimum Gasteiger partial charge on any atom is -0.311 e. The lowest BCUT2D eigenvalue weighted by atomic mass is 9.68. The summed E-state index contributed by atoms with van der Waals surface area (Å²) in [5.41, 5.74) is 2.68. The third-order valence-corrected chi connectivity index (χ3v) is 4.70. The summed E-state index contributed by atoms with van der Waals surface area (Å²) in [5.74, 6) is 0. The fraction of sp³-hybridized carbons (Fsp3) is 0.333. The molecule has 2 unspecified atom stereocenters. The van der Waals surface area contributed by atoms with Crippen LogP contribution in [-0.2, 0) is 0 Å². The predicted molar refractivity (Wildman–Crippen MR) is 82.5 cm³/mol. The van der Waals surface area contributed by atoms with E-state index in [4.69, 9.17) is 0 Å². The Morgan fingerprint density at radius 3 is 2.58 bits per heavy atom. The Balaban J connectivity index is 2.43. The van der Waals surface area contributed by atoms with E-state index in [2.05, 4.69) is 87.4 Å². The predicted octanol–water partition coefficient (Wildman–Crippen LogP) is 3.52. The number of nitrogens with two attached hydrogens (primary N) is 1. The van der Waals surface area contributed by atoms with Crippen LogP contribution in [0.2, 0.25) is 0 Å². The number of hydrogen-bond acceptors (Lipinski definition) is 0. The van der Waals surface area contributed by atoms with Crippen molar-refractivity contribution < 1.29 is 5.32 Å². The van der Waals surface area contributed by atoms with E-state index in [0.29, 0.717) is 0 Å². The zero-order valence-corrected chi connectivity index (χ0v) is 12.2. The van der Waals surface area contributed by atoms with Gasteiger partial charge < -0.3 is 5.32 Å². The molecule has 1 heterocycles. The normalized spacial score (nSPS) is 25.5. The number of benzene rings is 1. The summed E-state index contributed by atoms with van der Waals surface area (Å²) < 4.78 is 0. The van der Waals surface area contributed by atoms with E-state index in [1.807, 2.05) is 0 Å². The second-order valence-electron chi connectivity index (χ2n) is 5.75. The van der Waals surface area contributed by atoms with Gasteiger partial charge in [0.15, 0.2) is 0 Å². The molecule has 0 saturated carbocycles. The zero-order valence-electron chi connectivity index (χ0n) is 12.2. The molecule has 0 bridgehead atoms. The summed E-state index contributed by atoms with van der Waals surface area (Å²) in [6, 6.07) is 10.6. The first-order valence-corrected chi connectivity index (χ1v) is 6.99. The van der Waals surface area contributed by atoms with Gasteiger partial charge in [-0.05, 0) is 43.6 Å². The lowest BCUT2D eigenvalue weighted by Gasteiger charge is -2.40. The van der Waals surface area contributed by atoms with E-state index in [1.165, 1.54) is 11.1 Å². The van der Waals surface area contributed by atoms with Crippen molar-refractivity contribution in [3.05, 3.63) is 66.9 Å². The van der Waals surface area contributed by atoms with Gasteiger partial charge >= 0.3 is 0 Å². The van der Waals surface area contributed by atoms with Crippen molar-refractivity contribution in [3.63, 3.8) is 0 Å². The van der Waals surface area contributed by atoms with Crippen molar-refractivity contribution in [2.24, 2.45) is 5.41 Å². The van der Waals surface area contributed by atoms with Crippen LogP contribution in [0.3, 0.4) is 0 Å². The van der Waals surface area contributed by atoms with Gasteiger partial charge in [-0.25, -0.2) is 0 Å². The summed E-state index contributed by atoms with van der Waals surface area (Å²) >= 11 is 0. The highest BCUT2D eigenvalue weighted by Gasteiger charge is 2.43. The molecule has 1 heteroatoms. The Labute approximate surface area is 116 Å². The van der Waals surface area contributed by atoms with Gasteiger partial charge in [0.25, 0.3) is 0 Å². The fourth-order valence-electron chi connectivity index (χ4n) is 2.68. The van der Waals surface area contributed by atoms with E-state index in [0.717, 1.165) is 6.42 Å². The molecule has 19 heavy (non-hydrogen) atoms. The minimum atomic E-state index is 0.0173. The van der Waals surface area contributed by atoms with Crippen LogP contribution in [0.4, 0.5) is 0 Å². The van der Waals surface area contributed by atoms with Crippen LogP contribution >= 0.6 is 0 Å². The van der Waals surface area contributed by atoms with E-state index >= 15 is 0 Å². The third-order valence-electron chi connectivity index (χ3n) is 4.70. The number of allylic oxidation sites excluding steroid dienone is 2. The third kappa shape index (κ3) is 2.43. The highest BCUT2D eigenvalue weighted by Crippen LogP contribution is 2.37. The SMILES string of the molecule is C=CC(C)(CC)C1(C)C=C(c2ccccc2)C=C[NH2+]1. The van der Waals surface area contributed by atoms with Crippen LogP contribution in [0.15, 0.2) is 61.3 Å². The Kier molecular flexibility index (Phi) is 3.77. The Morgan fingerprint density at radius 2 is 2.00 bits per heavy atom. The maximum atomic E-state index is 4.05. The second kappa shape index (κ2) is 5.18. The molecule has 0 amide bonds. The Bertz CT molecular complexity index is 512. The fourth-order valence-corrected chi connectivity index (χ4v) is 2.68. The highest BCUT2D eigenvalue weighted by atomic mass is 15.0. The molecule has 0 spiro atoms. The highest BCUT2D eigenvalue weighted by molar-refractivity contribution is 5.75. The lowest BCUT2D eigenvalue weighted by Crippen LogP contribution is -2.95. The van der Waals surface area contributed by atoms with E-state index < -0.39 is 0 Å². The van der Waals surface area contributed by atoms with Crippen LogP contribution in [0.25, 0.3) is 5.57 Å². The monoisotopic (exact) mass is 254 g/mol. The molecule has 2 N–H and O–H groups in total. The first-order chi connectivity index (χ1) is 9.04. The van der Waals surface area contributed by atoms with Gasteiger partial charge in [0.05, 0.1) is 6.20 Å². The molecule has 1 aliphatic heterocycles. The molecule has 0 aliphatic carbocycles. The van der Waals surface area contributed by atoms with Gasteiger partial charge in [0, 0.05) is 5.41 Å². The van der Waals surface area contributed by atoms with Crippen molar-refractivity contribution >= 4 is 5.57 Å². The largest absolute Gasteiger partial charge is 0.311 e. The average molecular weight is 254 g/mol. The van der Waals surface area contributed by atoms with Gasteiger partial charge in [-0.15, -0.1) is 6.58 Å². The first kappa shape index (κ1) is 13.8. The summed E-state index contributed by atoms with van der Waals surface area (Å²) in [6.45, 7) is 10.9. The first-order valence-electron chi connectivity index (χ1n) is 6.99. The summed E-state index contributed by atoms with van der Waals surface area (Å²) in [6.07, 6.45) is 9.93. The number of rotatable bonds is 4. The minimum absolute atomic E-state index is 0.0173. The Morgan fingerprint density at radius 1 is 1.32 bits per heavy atom. The maximum absolute atomic E-state index is 4.05. The zero-order chi connectivity index (χ0) is 13.9. The summed E-state index contributed by atoms with van der Waals surface area (Å²) in [5, 5.41) is 2.30. The van der Waals surface area contributed by atoms with Crippen molar-refractivity contribution in [2.45, 2.75) is 32.7 Å². The van der Waals surface area contributed by atoms with Crippen molar-refractivity contribution in [2.75, 3.05) is 0 Å². The molecule has 1 nitrogen and oxygen atoms in total. The molecule has 0 fully saturated rings. The van der Waals surface area contributed by atoms with Crippen molar-refractivity contribution in [1.29, 1.82) is 0 Å². The van der Waals surface area contributed by atoms with E-state index in [-0.39, 0.29) is 11.0 Å². The molecular weight excluding hydrogens is 230 g/mol. The van der Waals surface area contributed by atoms with Crippen molar-refractivity contribution in [3.8, 4) is 0 Å². The van der Waals surface area contributed by atoms with E-state index in [9.17, 15) is 0 Å². The van der Waals surface area contributed by atoms with Crippen LogP contribution < -0.4 is 5.32 Å². The number of hydrogen-bond donors (Lipinski definition) is 1.